The van der Waals surface area contributed by atoms with Crippen molar-refractivity contribution in [1.82, 2.24) is 5.32 Å². The summed E-state index contributed by atoms with van der Waals surface area (Å²) in [4.78, 5) is 23.0. The van der Waals surface area contributed by atoms with E-state index in [1.165, 1.54) is 12.5 Å². The number of esters is 1. The molecule has 118 valence electrons. The van der Waals surface area contributed by atoms with Crippen molar-refractivity contribution in [3.8, 4) is 0 Å². The zero-order valence-corrected chi connectivity index (χ0v) is 12.9. The van der Waals surface area contributed by atoms with Gasteiger partial charge in [-0.3, -0.25) is 9.59 Å². The van der Waals surface area contributed by atoms with Gasteiger partial charge in [-0.2, -0.15) is 0 Å². The maximum atomic E-state index is 11.8. The third-order valence-corrected chi connectivity index (χ3v) is 4.15. The van der Waals surface area contributed by atoms with Crippen LogP contribution in [0, 0.1) is 0 Å². The van der Waals surface area contributed by atoms with Crippen molar-refractivity contribution in [3.63, 3.8) is 0 Å². The Morgan fingerprint density at radius 2 is 1.70 bits per heavy atom. The molecule has 0 spiro atoms. The maximum absolute atomic E-state index is 11.8. The first kappa shape index (κ1) is 15.3. The Morgan fingerprint density at radius 1 is 1.09 bits per heavy atom. The second kappa shape index (κ2) is 6.65. The molecule has 1 saturated heterocycles. The van der Waals surface area contributed by atoms with E-state index in [4.69, 9.17) is 4.74 Å². The standard InChI is InChI=1S/C19H19NO3/c1-13(21)23-18-17(20-19(18)22)16(15-10-6-3-7-11-15)12-14-8-4-2-5-9-14/h2-11,16-18H,12H2,1H3,(H,20,22). The van der Waals surface area contributed by atoms with Gasteiger partial charge >= 0.3 is 5.97 Å². The van der Waals surface area contributed by atoms with Gasteiger partial charge in [-0.25, -0.2) is 0 Å². The second-order valence-electron chi connectivity index (χ2n) is 5.77. The molecule has 4 heteroatoms. The summed E-state index contributed by atoms with van der Waals surface area (Å²) in [5.41, 5.74) is 2.31. The molecule has 0 radical (unpaired) electrons. The van der Waals surface area contributed by atoms with Crippen molar-refractivity contribution < 1.29 is 14.3 Å². The Labute approximate surface area is 135 Å². The van der Waals surface area contributed by atoms with Gasteiger partial charge in [0, 0.05) is 12.8 Å². The quantitative estimate of drug-likeness (QED) is 0.682. The fraction of sp³-hybridized carbons (Fsp3) is 0.263. The largest absolute Gasteiger partial charge is 0.450 e. The molecular weight excluding hydrogens is 290 g/mol. The van der Waals surface area contributed by atoms with Crippen LogP contribution in [0.15, 0.2) is 60.7 Å². The van der Waals surface area contributed by atoms with Crippen molar-refractivity contribution in [2.45, 2.75) is 31.4 Å². The highest BCUT2D eigenvalue weighted by atomic mass is 16.6. The average Bonchev–Trinajstić information content (AvgIpc) is 2.57. The number of rotatable bonds is 5. The van der Waals surface area contributed by atoms with Crippen LogP contribution in [0.2, 0.25) is 0 Å². The van der Waals surface area contributed by atoms with Crippen LogP contribution in [0.4, 0.5) is 0 Å². The lowest BCUT2D eigenvalue weighted by molar-refractivity contribution is -0.165. The first-order valence-electron chi connectivity index (χ1n) is 7.71. The summed E-state index contributed by atoms with van der Waals surface area (Å²) < 4.78 is 5.20. The van der Waals surface area contributed by atoms with Crippen LogP contribution < -0.4 is 5.32 Å². The highest BCUT2D eigenvalue weighted by molar-refractivity contribution is 5.90. The first-order chi connectivity index (χ1) is 11.1. The Balaban J connectivity index is 1.86. The summed E-state index contributed by atoms with van der Waals surface area (Å²) in [6, 6.07) is 19.9. The molecule has 0 bridgehead atoms. The third kappa shape index (κ3) is 3.42. The highest BCUT2D eigenvalue weighted by Gasteiger charge is 2.46. The molecule has 1 aliphatic heterocycles. The number of benzene rings is 2. The highest BCUT2D eigenvalue weighted by Crippen LogP contribution is 2.31. The zero-order valence-electron chi connectivity index (χ0n) is 12.9. The van der Waals surface area contributed by atoms with Crippen molar-refractivity contribution >= 4 is 11.9 Å². The minimum absolute atomic E-state index is 0.0562. The van der Waals surface area contributed by atoms with Gasteiger partial charge in [0.05, 0.1) is 6.04 Å². The van der Waals surface area contributed by atoms with Gasteiger partial charge < -0.3 is 10.1 Å². The molecule has 4 nitrogen and oxygen atoms in total. The molecule has 0 aliphatic carbocycles. The molecule has 3 unspecified atom stereocenters. The van der Waals surface area contributed by atoms with Crippen LogP contribution in [0.25, 0.3) is 0 Å². The fourth-order valence-electron chi connectivity index (χ4n) is 3.03. The normalized spacial score (nSPS) is 21.0. The first-order valence-corrected chi connectivity index (χ1v) is 7.71. The van der Waals surface area contributed by atoms with Crippen LogP contribution >= 0.6 is 0 Å². The van der Waals surface area contributed by atoms with Crippen LogP contribution in [0.1, 0.15) is 24.0 Å². The molecule has 1 N–H and O–H groups in total. The predicted octanol–water partition coefficient (Wildman–Crippen LogP) is 2.44. The zero-order chi connectivity index (χ0) is 16.2. The van der Waals surface area contributed by atoms with E-state index in [1.54, 1.807) is 0 Å². The molecule has 1 amide bonds. The van der Waals surface area contributed by atoms with E-state index >= 15 is 0 Å². The lowest BCUT2D eigenvalue weighted by Gasteiger charge is -2.41. The number of nitrogens with one attached hydrogen (secondary N) is 1. The molecule has 3 rings (SSSR count). The second-order valence-corrected chi connectivity index (χ2v) is 5.77. The summed E-state index contributed by atoms with van der Waals surface area (Å²) in [7, 11) is 0. The van der Waals surface area contributed by atoms with E-state index in [0.717, 1.165) is 12.0 Å². The lowest BCUT2D eigenvalue weighted by Crippen LogP contribution is -2.66. The van der Waals surface area contributed by atoms with Gasteiger partial charge in [0.25, 0.3) is 5.91 Å². The van der Waals surface area contributed by atoms with E-state index in [0.29, 0.717) is 0 Å². The molecule has 2 aromatic carbocycles. The number of amides is 1. The van der Waals surface area contributed by atoms with Crippen molar-refractivity contribution in [1.29, 1.82) is 0 Å². The molecule has 0 saturated carbocycles. The van der Waals surface area contributed by atoms with Gasteiger partial charge in [0.2, 0.25) is 6.10 Å². The Bertz CT molecular complexity index is 684. The van der Waals surface area contributed by atoms with E-state index in [2.05, 4.69) is 17.4 Å². The summed E-state index contributed by atoms with van der Waals surface area (Å²) in [5, 5.41) is 2.90. The van der Waals surface area contributed by atoms with Crippen LogP contribution in [-0.2, 0) is 20.7 Å². The topological polar surface area (TPSA) is 55.4 Å². The van der Waals surface area contributed by atoms with Gasteiger partial charge in [-0.15, -0.1) is 0 Å². The lowest BCUT2D eigenvalue weighted by atomic mass is 9.79. The minimum Gasteiger partial charge on any atom is -0.450 e. The van der Waals surface area contributed by atoms with Crippen LogP contribution in [0.3, 0.4) is 0 Å². The Kier molecular flexibility index (Phi) is 4.42. The van der Waals surface area contributed by atoms with Gasteiger partial charge in [0.15, 0.2) is 0 Å². The third-order valence-electron chi connectivity index (χ3n) is 4.15. The average molecular weight is 309 g/mol. The number of ether oxygens (including phenoxy) is 1. The summed E-state index contributed by atoms with van der Waals surface area (Å²) >= 11 is 0. The van der Waals surface area contributed by atoms with Gasteiger partial charge in [-0.05, 0) is 17.5 Å². The molecule has 0 aromatic heterocycles. The molecule has 1 fully saturated rings. The van der Waals surface area contributed by atoms with Crippen LogP contribution in [0.5, 0.6) is 0 Å². The number of hydrogen-bond acceptors (Lipinski definition) is 3. The summed E-state index contributed by atoms with van der Waals surface area (Å²) in [5.74, 6) is -0.596. The van der Waals surface area contributed by atoms with E-state index in [9.17, 15) is 9.59 Å². The fourth-order valence-corrected chi connectivity index (χ4v) is 3.03. The summed E-state index contributed by atoms with van der Waals surface area (Å²) in [6.45, 7) is 1.33. The number of β-lactam (4-membered cyclic amide) rings is 1. The predicted molar refractivity (Wildman–Crippen MR) is 86.8 cm³/mol. The summed E-state index contributed by atoms with van der Waals surface area (Å²) in [6.07, 6.45) is 0.0644. The molecule has 1 heterocycles. The number of carbonyl (C=O) groups is 2. The van der Waals surface area contributed by atoms with Gasteiger partial charge in [-0.1, -0.05) is 60.7 Å². The molecular formula is C19H19NO3. The molecule has 23 heavy (non-hydrogen) atoms. The van der Waals surface area contributed by atoms with E-state index in [-0.39, 0.29) is 17.9 Å². The van der Waals surface area contributed by atoms with Crippen molar-refractivity contribution in [2.24, 2.45) is 0 Å². The Hall–Kier alpha value is -2.62. The van der Waals surface area contributed by atoms with Crippen molar-refractivity contribution in [3.05, 3.63) is 71.8 Å². The van der Waals surface area contributed by atoms with Crippen LogP contribution in [-0.4, -0.2) is 24.0 Å². The number of hydrogen-bond donors (Lipinski definition) is 1. The minimum atomic E-state index is -0.707. The van der Waals surface area contributed by atoms with Gasteiger partial charge in [0.1, 0.15) is 0 Å². The monoisotopic (exact) mass is 309 g/mol. The Morgan fingerprint density at radius 3 is 2.26 bits per heavy atom. The number of carbonyl (C=O) groups excluding carboxylic acids is 2. The van der Waals surface area contributed by atoms with E-state index in [1.807, 2.05) is 48.5 Å². The maximum Gasteiger partial charge on any atom is 0.303 e. The SMILES string of the molecule is CC(=O)OC1C(=O)NC1C(Cc1ccccc1)c1ccccc1. The van der Waals surface area contributed by atoms with E-state index < -0.39 is 12.1 Å². The van der Waals surface area contributed by atoms with Crippen molar-refractivity contribution in [2.75, 3.05) is 0 Å². The molecule has 2 aromatic rings. The molecule has 3 atom stereocenters. The smallest absolute Gasteiger partial charge is 0.303 e. The molecule has 1 aliphatic rings.